The predicted molar refractivity (Wildman–Crippen MR) is 140 cm³/mol. The van der Waals surface area contributed by atoms with Crippen molar-refractivity contribution in [2.45, 2.75) is 52.2 Å². The maximum absolute atomic E-state index is 13.8. The molecular weight excluding hydrogens is 488 g/mol. The van der Waals surface area contributed by atoms with E-state index in [-0.39, 0.29) is 12.5 Å². The molecule has 1 unspecified atom stereocenters. The summed E-state index contributed by atoms with van der Waals surface area (Å²) < 4.78 is 28.4. The molecule has 2 aromatic carbocycles. The van der Waals surface area contributed by atoms with Crippen LogP contribution in [0.15, 0.2) is 54.6 Å². The second kappa shape index (κ2) is 11.9. The van der Waals surface area contributed by atoms with Crippen molar-refractivity contribution in [3.63, 3.8) is 0 Å². The Hall–Kier alpha value is -2.62. The average Bonchev–Trinajstić information content (AvgIpc) is 2.77. The van der Waals surface area contributed by atoms with Crippen LogP contribution in [0.1, 0.15) is 39.7 Å². The number of anilines is 1. The number of carbonyl (C=O) groups is 2. The molecular formula is C25H35ClN4O4S. The molecule has 0 saturated carbocycles. The van der Waals surface area contributed by atoms with Gasteiger partial charge in [0.25, 0.3) is 0 Å². The Balaban J connectivity index is 2.51. The Morgan fingerprint density at radius 1 is 1.00 bits per heavy atom. The van der Waals surface area contributed by atoms with Gasteiger partial charge in [-0.05, 0) is 51.0 Å². The normalized spacial score (nSPS) is 12.8. The highest BCUT2D eigenvalue weighted by atomic mass is 35.5. The minimum atomic E-state index is -3.99. The first-order valence-corrected chi connectivity index (χ1v) is 13.2. The summed E-state index contributed by atoms with van der Waals surface area (Å²) in [4.78, 5) is 28.4. The van der Waals surface area contributed by atoms with Crippen molar-refractivity contribution in [2.75, 3.05) is 24.9 Å². The van der Waals surface area contributed by atoms with Gasteiger partial charge in [-0.3, -0.25) is 9.59 Å². The smallest absolute Gasteiger partial charge is 0.304 e. The standard InChI is InChI=1S/C25H35ClN4O4S/c1-7-22(24(32)27-25(2,3)4)29(17-19-13-11-12-16-21(19)26)23(31)18-30(35(33,34)28(5)6)20-14-9-8-10-15-20/h8-16,22H,7,17-18H2,1-6H3,(H,27,32). The molecule has 8 nitrogen and oxygen atoms in total. The Bertz CT molecular complexity index is 1120. The minimum Gasteiger partial charge on any atom is -0.350 e. The van der Waals surface area contributed by atoms with E-state index in [0.29, 0.717) is 22.7 Å². The van der Waals surface area contributed by atoms with Crippen molar-refractivity contribution in [3.8, 4) is 0 Å². The van der Waals surface area contributed by atoms with E-state index < -0.39 is 34.2 Å². The fraction of sp³-hybridized carbons (Fsp3) is 0.440. The first kappa shape index (κ1) is 28.6. The maximum Gasteiger partial charge on any atom is 0.304 e. The number of nitrogens with one attached hydrogen (secondary N) is 1. The number of halogens is 1. The van der Waals surface area contributed by atoms with Crippen LogP contribution in [-0.4, -0.2) is 61.7 Å². The molecule has 35 heavy (non-hydrogen) atoms. The van der Waals surface area contributed by atoms with E-state index >= 15 is 0 Å². The summed E-state index contributed by atoms with van der Waals surface area (Å²) in [6.07, 6.45) is 0.337. The zero-order valence-corrected chi connectivity index (χ0v) is 22.7. The summed E-state index contributed by atoms with van der Waals surface area (Å²) in [6.45, 7) is 6.97. The number of benzene rings is 2. The van der Waals surface area contributed by atoms with Crippen LogP contribution in [0.2, 0.25) is 5.02 Å². The quantitative estimate of drug-likeness (QED) is 0.515. The summed E-state index contributed by atoms with van der Waals surface area (Å²) in [5.41, 5.74) is 0.499. The first-order chi connectivity index (χ1) is 16.3. The van der Waals surface area contributed by atoms with Gasteiger partial charge >= 0.3 is 10.2 Å². The van der Waals surface area contributed by atoms with Crippen molar-refractivity contribution in [1.82, 2.24) is 14.5 Å². The number of rotatable bonds is 10. The first-order valence-electron chi connectivity index (χ1n) is 11.4. The number of hydrogen-bond donors (Lipinski definition) is 1. The molecule has 2 rings (SSSR count). The van der Waals surface area contributed by atoms with E-state index in [9.17, 15) is 18.0 Å². The number of carbonyl (C=O) groups excluding carboxylic acids is 2. The third-order valence-corrected chi connectivity index (χ3v) is 7.43. The van der Waals surface area contributed by atoms with E-state index in [0.717, 1.165) is 8.61 Å². The van der Waals surface area contributed by atoms with Crippen molar-refractivity contribution in [2.24, 2.45) is 0 Å². The lowest BCUT2D eigenvalue weighted by Gasteiger charge is -2.35. The topological polar surface area (TPSA) is 90.0 Å². The number of amides is 2. The average molecular weight is 523 g/mol. The van der Waals surface area contributed by atoms with Gasteiger partial charge in [0.1, 0.15) is 12.6 Å². The van der Waals surface area contributed by atoms with E-state index in [1.165, 1.54) is 19.0 Å². The summed E-state index contributed by atoms with van der Waals surface area (Å²) >= 11 is 6.37. The van der Waals surface area contributed by atoms with Crippen LogP contribution in [0.25, 0.3) is 0 Å². The third kappa shape index (κ3) is 7.68. The van der Waals surface area contributed by atoms with Gasteiger partial charge < -0.3 is 10.2 Å². The van der Waals surface area contributed by atoms with Crippen molar-refractivity contribution in [1.29, 1.82) is 0 Å². The summed E-state index contributed by atoms with van der Waals surface area (Å²) in [5.74, 6) is -0.836. The lowest BCUT2D eigenvalue weighted by atomic mass is 10.1. The summed E-state index contributed by atoms with van der Waals surface area (Å²) in [5, 5.41) is 3.39. The van der Waals surface area contributed by atoms with Crippen LogP contribution >= 0.6 is 11.6 Å². The highest BCUT2D eigenvalue weighted by Crippen LogP contribution is 2.23. The van der Waals surface area contributed by atoms with Crippen LogP contribution < -0.4 is 9.62 Å². The number of hydrogen-bond acceptors (Lipinski definition) is 4. The Labute approximate surface area is 214 Å². The molecule has 0 bridgehead atoms. The van der Waals surface area contributed by atoms with E-state index in [2.05, 4.69) is 5.32 Å². The molecule has 0 heterocycles. The van der Waals surface area contributed by atoms with Crippen LogP contribution in [0.4, 0.5) is 5.69 Å². The van der Waals surface area contributed by atoms with Crippen LogP contribution in [0.5, 0.6) is 0 Å². The molecule has 2 aromatic rings. The van der Waals surface area contributed by atoms with Gasteiger partial charge in [-0.25, -0.2) is 4.31 Å². The molecule has 192 valence electrons. The molecule has 0 fully saturated rings. The fourth-order valence-electron chi connectivity index (χ4n) is 3.49. The Morgan fingerprint density at radius 3 is 2.09 bits per heavy atom. The fourth-order valence-corrected chi connectivity index (χ4v) is 4.75. The molecule has 1 atom stereocenters. The van der Waals surface area contributed by atoms with Gasteiger partial charge in [0, 0.05) is 31.2 Å². The third-order valence-electron chi connectivity index (χ3n) is 5.25. The van der Waals surface area contributed by atoms with Gasteiger partial charge in [0.15, 0.2) is 0 Å². The molecule has 2 amide bonds. The van der Waals surface area contributed by atoms with Gasteiger partial charge in [-0.1, -0.05) is 54.9 Å². The van der Waals surface area contributed by atoms with Crippen molar-refractivity contribution < 1.29 is 18.0 Å². The molecule has 1 N–H and O–H groups in total. The highest BCUT2D eigenvalue weighted by Gasteiger charge is 2.34. The van der Waals surface area contributed by atoms with Crippen LogP contribution in [-0.2, 0) is 26.3 Å². The molecule has 0 aliphatic carbocycles. The number of nitrogens with zero attached hydrogens (tertiary/aromatic N) is 3. The number of para-hydroxylation sites is 1. The highest BCUT2D eigenvalue weighted by molar-refractivity contribution is 7.90. The lowest BCUT2D eigenvalue weighted by molar-refractivity contribution is -0.141. The Morgan fingerprint density at radius 2 is 1.57 bits per heavy atom. The molecule has 0 saturated heterocycles. The van der Waals surface area contributed by atoms with E-state index in [4.69, 9.17) is 11.6 Å². The largest absolute Gasteiger partial charge is 0.350 e. The van der Waals surface area contributed by atoms with Gasteiger partial charge in [0.2, 0.25) is 11.8 Å². The minimum absolute atomic E-state index is 0.0548. The van der Waals surface area contributed by atoms with Gasteiger partial charge in [-0.2, -0.15) is 12.7 Å². The predicted octanol–water partition coefficient (Wildman–Crippen LogP) is 3.67. The molecule has 10 heteroatoms. The molecule has 0 aromatic heterocycles. The molecule has 0 aliphatic heterocycles. The summed E-state index contributed by atoms with van der Waals surface area (Å²) in [6, 6.07) is 14.7. The second-order valence-electron chi connectivity index (χ2n) is 9.41. The second-order valence-corrected chi connectivity index (χ2v) is 11.9. The zero-order valence-electron chi connectivity index (χ0n) is 21.2. The lowest BCUT2D eigenvalue weighted by Crippen LogP contribution is -2.55. The maximum atomic E-state index is 13.8. The van der Waals surface area contributed by atoms with E-state index in [1.54, 1.807) is 54.6 Å². The Kier molecular flexibility index (Phi) is 9.71. The summed E-state index contributed by atoms with van der Waals surface area (Å²) in [7, 11) is -1.18. The SMILES string of the molecule is CCC(C(=O)NC(C)(C)C)N(Cc1ccccc1Cl)C(=O)CN(c1ccccc1)S(=O)(=O)N(C)C. The molecule has 0 aliphatic rings. The van der Waals surface area contributed by atoms with Gasteiger partial charge in [0.05, 0.1) is 5.69 Å². The van der Waals surface area contributed by atoms with Gasteiger partial charge in [-0.15, -0.1) is 0 Å². The van der Waals surface area contributed by atoms with Crippen molar-refractivity contribution in [3.05, 3.63) is 65.2 Å². The van der Waals surface area contributed by atoms with E-state index in [1.807, 2.05) is 27.7 Å². The van der Waals surface area contributed by atoms with Crippen LogP contribution in [0, 0.1) is 0 Å². The molecule has 0 spiro atoms. The van der Waals surface area contributed by atoms with Crippen LogP contribution in [0.3, 0.4) is 0 Å². The monoisotopic (exact) mass is 522 g/mol. The zero-order chi connectivity index (χ0) is 26.4. The van der Waals surface area contributed by atoms with Crippen molar-refractivity contribution >= 4 is 39.3 Å². The molecule has 0 radical (unpaired) electrons.